The summed E-state index contributed by atoms with van der Waals surface area (Å²) in [4.78, 5) is 3.59. The number of nitrogens with zero attached hydrogens (tertiary/aromatic N) is 2. The maximum atomic E-state index is 12.4. The fourth-order valence-electron chi connectivity index (χ4n) is 1.46. The van der Waals surface area contributed by atoms with Gasteiger partial charge < -0.3 is 5.11 Å². The zero-order valence-corrected chi connectivity index (χ0v) is 12.2. The molecule has 0 saturated carbocycles. The van der Waals surface area contributed by atoms with Crippen LogP contribution < -0.4 is 5.43 Å². The van der Waals surface area contributed by atoms with E-state index in [2.05, 4.69) is 15.5 Å². The zero-order valence-electron chi connectivity index (χ0n) is 10.7. The molecule has 0 saturated heterocycles. The van der Waals surface area contributed by atoms with Gasteiger partial charge >= 0.3 is 6.18 Å². The molecule has 2 aromatic rings. The van der Waals surface area contributed by atoms with Gasteiger partial charge in [0, 0.05) is 6.20 Å². The number of pyridine rings is 1. The molecule has 0 bridgehead atoms. The molecule has 116 valence electrons. The van der Waals surface area contributed by atoms with E-state index in [0.717, 1.165) is 12.1 Å². The Kier molecular flexibility index (Phi) is 4.77. The fourth-order valence-corrected chi connectivity index (χ4v) is 1.96. The predicted molar refractivity (Wildman–Crippen MR) is 78.6 cm³/mol. The van der Waals surface area contributed by atoms with Gasteiger partial charge in [-0.15, -0.1) is 0 Å². The maximum absolute atomic E-state index is 12.4. The first kappa shape index (κ1) is 16.4. The summed E-state index contributed by atoms with van der Waals surface area (Å²) >= 11 is 11.5. The highest BCUT2D eigenvalue weighted by Gasteiger charge is 2.30. The van der Waals surface area contributed by atoms with Gasteiger partial charge in [-0.1, -0.05) is 23.2 Å². The Balaban J connectivity index is 2.07. The molecule has 0 atom stereocenters. The Bertz CT molecular complexity index is 680. The lowest BCUT2D eigenvalue weighted by atomic mass is 10.2. The lowest BCUT2D eigenvalue weighted by Gasteiger charge is -2.06. The van der Waals surface area contributed by atoms with E-state index in [-0.39, 0.29) is 21.6 Å². The largest absolute Gasteiger partial charge is 0.505 e. The van der Waals surface area contributed by atoms with Crippen LogP contribution in [-0.4, -0.2) is 16.3 Å². The van der Waals surface area contributed by atoms with E-state index >= 15 is 0 Å². The Morgan fingerprint density at radius 1 is 1.18 bits per heavy atom. The molecule has 0 unspecified atom stereocenters. The van der Waals surface area contributed by atoms with E-state index in [0.29, 0.717) is 11.8 Å². The van der Waals surface area contributed by atoms with Crippen LogP contribution in [0.4, 0.5) is 19.0 Å². The number of anilines is 1. The van der Waals surface area contributed by atoms with Crippen molar-refractivity contribution in [2.75, 3.05) is 5.43 Å². The van der Waals surface area contributed by atoms with Gasteiger partial charge in [0.2, 0.25) is 0 Å². The van der Waals surface area contributed by atoms with Crippen molar-refractivity contribution in [2.45, 2.75) is 6.18 Å². The molecule has 0 amide bonds. The van der Waals surface area contributed by atoms with Crippen LogP contribution in [0.3, 0.4) is 0 Å². The van der Waals surface area contributed by atoms with E-state index in [1.54, 1.807) is 0 Å². The first-order chi connectivity index (χ1) is 10.3. The van der Waals surface area contributed by atoms with Crippen molar-refractivity contribution in [1.82, 2.24) is 4.98 Å². The van der Waals surface area contributed by atoms with Gasteiger partial charge in [-0.3, -0.25) is 5.43 Å². The Morgan fingerprint density at radius 2 is 1.82 bits per heavy atom. The average molecular weight is 350 g/mol. The summed E-state index contributed by atoms with van der Waals surface area (Å²) in [5.41, 5.74) is 2.11. The SMILES string of the molecule is Oc1c(Cl)cc(/C=N\Nc2ccc(C(F)(F)F)cn2)cc1Cl. The van der Waals surface area contributed by atoms with Crippen LogP contribution >= 0.6 is 23.2 Å². The van der Waals surface area contributed by atoms with Gasteiger partial charge in [0.25, 0.3) is 0 Å². The van der Waals surface area contributed by atoms with Crippen molar-refractivity contribution in [1.29, 1.82) is 0 Å². The molecular formula is C13H8Cl2F3N3O. The first-order valence-electron chi connectivity index (χ1n) is 5.77. The van der Waals surface area contributed by atoms with Crippen molar-refractivity contribution in [3.8, 4) is 5.75 Å². The third-order valence-electron chi connectivity index (χ3n) is 2.52. The van der Waals surface area contributed by atoms with Crippen molar-refractivity contribution in [3.63, 3.8) is 0 Å². The molecule has 1 heterocycles. The highest BCUT2D eigenvalue weighted by molar-refractivity contribution is 6.37. The lowest BCUT2D eigenvalue weighted by molar-refractivity contribution is -0.137. The minimum Gasteiger partial charge on any atom is -0.505 e. The van der Waals surface area contributed by atoms with Crippen LogP contribution in [0, 0.1) is 0 Å². The number of rotatable bonds is 3. The molecule has 0 fully saturated rings. The van der Waals surface area contributed by atoms with E-state index < -0.39 is 11.7 Å². The van der Waals surface area contributed by atoms with Crippen LogP contribution in [0.2, 0.25) is 10.0 Å². The molecule has 0 radical (unpaired) electrons. The molecule has 4 nitrogen and oxygen atoms in total. The molecule has 2 N–H and O–H groups in total. The number of nitrogens with one attached hydrogen (secondary N) is 1. The van der Waals surface area contributed by atoms with E-state index in [9.17, 15) is 18.3 Å². The molecule has 0 aliphatic heterocycles. The Morgan fingerprint density at radius 3 is 2.32 bits per heavy atom. The highest BCUT2D eigenvalue weighted by atomic mass is 35.5. The Labute approximate surface area is 133 Å². The minimum atomic E-state index is -4.44. The van der Waals surface area contributed by atoms with Crippen molar-refractivity contribution >= 4 is 35.2 Å². The molecule has 0 aliphatic rings. The minimum absolute atomic E-state index is 0.0570. The van der Waals surface area contributed by atoms with Crippen molar-refractivity contribution < 1.29 is 18.3 Å². The molecular weight excluding hydrogens is 342 g/mol. The molecule has 9 heteroatoms. The second-order valence-corrected chi connectivity index (χ2v) is 4.95. The van der Waals surface area contributed by atoms with Gasteiger partial charge in [0.1, 0.15) is 5.82 Å². The number of hydrogen-bond donors (Lipinski definition) is 2. The number of alkyl halides is 3. The van der Waals surface area contributed by atoms with Gasteiger partial charge in [0.05, 0.1) is 21.8 Å². The van der Waals surface area contributed by atoms with E-state index in [1.807, 2.05) is 0 Å². The standard InChI is InChI=1S/C13H8Cl2F3N3O/c14-9-3-7(4-10(15)12(9)22)5-20-21-11-2-1-8(6-19-11)13(16,17)18/h1-6,22H,(H,19,21)/b20-5-. The molecule has 22 heavy (non-hydrogen) atoms. The molecule has 0 aliphatic carbocycles. The highest BCUT2D eigenvalue weighted by Crippen LogP contribution is 2.32. The van der Waals surface area contributed by atoms with Crippen LogP contribution in [0.15, 0.2) is 35.6 Å². The van der Waals surface area contributed by atoms with Crippen molar-refractivity contribution in [3.05, 3.63) is 51.6 Å². The monoisotopic (exact) mass is 349 g/mol. The summed E-state index contributed by atoms with van der Waals surface area (Å²) in [7, 11) is 0. The summed E-state index contributed by atoms with van der Waals surface area (Å²) < 4.78 is 37.1. The van der Waals surface area contributed by atoms with Gasteiger partial charge in [0.15, 0.2) is 5.75 Å². The summed E-state index contributed by atoms with van der Waals surface area (Å²) in [6, 6.07) is 4.89. The number of aromatic hydroxyl groups is 1. The van der Waals surface area contributed by atoms with Crippen LogP contribution in [0.1, 0.15) is 11.1 Å². The quantitative estimate of drug-likeness (QED) is 0.630. The topological polar surface area (TPSA) is 57.5 Å². The molecule has 0 spiro atoms. The Hall–Kier alpha value is -1.99. The number of aromatic nitrogens is 1. The fraction of sp³-hybridized carbons (Fsp3) is 0.0769. The second-order valence-electron chi connectivity index (χ2n) is 4.13. The molecule has 2 rings (SSSR count). The maximum Gasteiger partial charge on any atom is 0.417 e. The van der Waals surface area contributed by atoms with Gasteiger partial charge in [-0.2, -0.15) is 18.3 Å². The smallest absolute Gasteiger partial charge is 0.417 e. The van der Waals surface area contributed by atoms with Crippen LogP contribution in [0.5, 0.6) is 5.75 Å². The van der Waals surface area contributed by atoms with E-state index in [4.69, 9.17) is 23.2 Å². The summed E-state index contributed by atoms with van der Waals surface area (Å²) in [6.45, 7) is 0. The number of hydrogen-bond acceptors (Lipinski definition) is 4. The summed E-state index contributed by atoms with van der Waals surface area (Å²) in [5.74, 6) is -0.0990. The summed E-state index contributed by atoms with van der Waals surface area (Å²) in [6.07, 6.45) is -2.41. The first-order valence-corrected chi connectivity index (χ1v) is 6.53. The number of halogens is 5. The number of benzene rings is 1. The normalized spacial score (nSPS) is 11.9. The number of phenols is 1. The van der Waals surface area contributed by atoms with Crippen LogP contribution in [0.25, 0.3) is 0 Å². The molecule has 1 aromatic heterocycles. The van der Waals surface area contributed by atoms with Crippen LogP contribution in [-0.2, 0) is 6.18 Å². The predicted octanol–water partition coefficient (Wildman–Crippen LogP) is 4.56. The number of hydrazone groups is 1. The molecule has 1 aromatic carbocycles. The number of phenolic OH excluding ortho intramolecular Hbond substituents is 1. The second kappa shape index (κ2) is 6.41. The van der Waals surface area contributed by atoms with E-state index in [1.165, 1.54) is 18.3 Å². The van der Waals surface area contributed by atoms with Crippen molar-refractivity contribution in [2.24, 2.45) is 5.10 Å². The third-order valence-corrected chi connectivity index (χ3v) is 3.10. The van der Waals surface area contributed by atoms with Gasteiger partial charge in [-0.25, -0.2) is 4.98 Å². The lowest BCUT2D eigenvalue weighted by Crippen LogP contribution is -2.05. The third kappa shape index (κ3) is 4.02. The average Bonchev–Trinajstić information content (AvgIpc) is 2.44. The zero-order chi connectivity index (χ0) is 16.3. The van der Waals surface area contributed by atoms with Gasteiger partial charge in [-0.05, 0) is 29.8 Å². The summed E-state index contributed by atoms with van der Waals surface area (Å²) in [5, 5.41) is 13.3.